The van der Waals surface area contributed by atoms with Crippen LogP contribution in [0.2, 0.25) is 5.02 Å². The van der Waals surface area contributed by atoms with Crippen molar-refractivity contribution in [2.75, 3.05) is 6.54 Å². The molecule has 0 aliphatic heterocycles. The number of nitrogens with one attached hydrogen (secondary N) is 1. The molecule has 0 aromatic heterocycles. The number of benzene rings is 1. The summed E-state index contributed by atoms with van der Waals surface area (Å²) in [6, 6.07) is 9.00. The van der Waals surface area contributed by atoms with Crippen LogP contribution in [0.4, 0.5) is 0 Å². The van der Waals surface area contributed by atoms with Crippen molar-refractivity contribution in [3.63, 3.8) is 0 Å². The molecule has 0 bridgehead atoms. The van der Waals surface area contributed by atoms with Crippen LogP contribution in [-0.2, 0) is 0 Å². The molecule has 1 aliphatic rings. The molecule has 0 saturated heterocycles. The molecule has 2 rings (SSSR count). The first-order valence-electron chi connectivity index (χ1n) is 5.78. The first-order valence-corrected chi connectivity index (χ1v) is 6.16. The van der Waals surface area contributed by atoms with Crippen LogP contribution in [0.1, 0.15) is 37.7 Å². The van der Waals surface area contributed by atoms with E-state index in [1.54, 1.807) is 0 Å². The predicted molar refractivity (Wildman–Crippen MR) is 65.5 cm³/mol. The van der Waals surface area contributed by atoms with E-state index in [0.29, 0.717) is 0 Å². The molecule has 1 aliphatic carbocycles. The average Bonchev–Trinajstić information content (AvgIpc) is 2.16. The Morgan fingerprint density at radius 1 is 1.40 bits per heavy atom. The molecule has 0 amide bonds. The molecular formula is C13H18ClN. The number of hydrogen-bond acceptors (Lipinski definition) is 1. The standard InChI is InChI=1S/C13H18ClN/c1-2-6-15-13-8-11(9-13)10-4-3-5-12(14)7-10/h3-5,7,11,13,15H,2,6,8-9H2,1H3. The zero-order chi connectivity index (χ0) is 10.7. The molecule has 82 valence electrons. The summed E-state index contributed by atoms with van der Waals surface area (Å²) in [5.74, 6) is 0.720. The Hall–Kier alpha value is -0.530. The number of hydrogen-bond donors (Lipinski definition) is 1. The van der Waals surface area contributed by atoms with Gasteiger partial charge in [0.2, 0.25) is 0 Å². The van der Waals surface area contributed by atoms with Crippen molar-refractivity contribution in [1.82, 2.24) is 5.32 Å². The second-order valence-electron chi connectivity index (χ2n) is 4.37. The van der Waals surface area contributed by atoms with Gasteiger partial charge in [0.25, 0.3) is 0 Å². The van der Waals surface area contributed by atoms with Crippen LogP contribution < -0.4 is 5.32 Å². The molecule has 2 heteroatoms. The second kappa shape index (κ2) is 5.00. The summed E-state index contributed by atoms with van der Waals surface area (Å²) in [5.41, 5.74) is 1.40. The molecule has 1 N–H and O–H groups in total. The van der Waals surface area contributed by atoms with Crippen LogP contribution in [-0.4, -0.2) is 12.6 Å². The maximum atomic E-state index is 5.97. The summed E-state index contributed by atoms with van der Waals surface area (Å²) in [4.78, 5) is 0. The van der Waals surface area contributed by atoms with E-state index in [1.165, 1.54) is 24.8 Å². The summed E-state index contributed by atoms with van der Waals surface area (Å²) in [6.07, 6.45) is 3.75. The predicted octanol–water partition coefficient (Wildman–Crippen LogP) is 3.59. The van der Waals surface area contributed by atoms with Gasteiger partial charge in [-0.25, -0.2) is 0 Å². The fourth-order valence-electron chi connectivity index (χ4n) is 2.17. The molecule has 1 aromatic carbocycles. The Labute approximate surface area is 96.8 Å². The molecule has 0 spiro atoms. The van der Waals surface area contributed by atoms with Gasteiger partial charge >= 0.3 is 0 Å². The lowest BCUT2D eigenvalue weighted by Gasteiger charge is -2.36. The fourth-order valence-corrected chi connectivity index (χ4v) is 2.36. The Bertz CT molecular complexity index is 318. The summed E-state index contributed by atoms with van der Waals surface area (Å²) < 4.78 is 0. The molecule has 1 nitrogen and oxygen atoms in total. The van der Waals surface area contributed by atoms with E-state index in [2.05, 4.69) is 24.4 Å². The highest BCUT2D eigenvalue weighted by atomic mass is 35.5. The Kier molecular flexibility index (Phi) is 3.66. The van der Waals surface area contributed by atoms with Crippen molar-refractivity contribution < 1.29 is 0 Å². The van der Waals surface area contributed by atoms with Crippen LogP contribution in [0.25, 0.3) is 0 Å². The van der Waals surface area contributed by atoms with E-state index >= 15 is 0 Å². The lowest BCUT2D eigenvalue weighted by atomic mass is 9.76. The van der Waals surface area contributed by atoms with Gasteiger partial charge in [0, 0.05) is 11.1 Å². The SMILES string of the molecule is CCCNC1CC(c2cccc(Cl)c2)C1. The van der Waals surface area contributed by atoms with Crippen LogP contribution in [0, 0.1) is 0 Å². The van der Waals surface area contributed by atoms with Gasteiger partial charge in [-0.2, -0.15) is 0 Å². The highest BCUT2D eigenvalue weighted by molar-refractivity contribution is 6.30. The van der Waals surface area contributed by atoms with E-state index in [1.807, 2.05) is 12.1 Å². The van der Waals surface area contributed by atoms with E-state index in [9.17, 15) is 0 Å². The average molecular weight is 224 g/mol. The number of halogens is 1. The lowest BCUT2D eigenvalue weighted by molar-refractivity contribution is 0.292. The maximum absolute atomic E-state index is 5.97. The highest BCUT2D eigenvalue weighted by Crippen LogP contribution is 2.37. The summed E-state index contributed by atoms with van der Waals surface area (Å²) in [6.45, 7) is 3.35. The summed E-state index contributed by atoms with van der Waals surface area (Å²) in [5, 5.41) is 4.41. The van der Waals surface area contributed by atoms with Gasteiger partial charge in [-0.15, -0.1) is 0 Å². The van der Waals surface area contributed by atoms with E-state index in [4.69, 9.17) is 11.6 Å². The molecule has 15 heavy (non-hydrogen) atoms. The zero-order valence-corrected chi connectivity index (χ0v) is 9.93. The molecule has 1 saturated carbocycles. The van der Waals surface area contributed by atoms with Gasteiger partial charge in [-0.1, -0.05) is 30.7 Å². The Morgan fingerprint density at radius 3 is 2.87 bits per heavy atom. The van der Waals surface area contributed by atoms with Crippen molar-refractivity contribution in [3.05, 3.63) is 34.9 Å². The normalized spacial score (nSPS) is 24.9. The third-order valence-corrected chi connectivity index (χ3v) is 3.38. The van der Waals surface area contributed by atoms with Crippen molar-refractivity contribution in [2.24, 2.45) is 0 Å². The smallest absolute Gasteiger partial charge is 0.0408 e. The Morgan fingerprint density at radius 2 is 2.20 bits per heavy atom. The van der Waals surface area contributed by atoms with Gasteiger partial charge in [0.1, 0.15) is 0 Å². The zero-order valence-electron chi connectivity index (χ0n) is 9.17. The monoisotopic (exact) mass is 223 g/mol. The first kappa shape index (κ1) is 11.0. The van der Waals surface area contributed by atoms with Gasteiger partial charge in [-0.05, 0) is 49.4 Å². The minimum atomic E-state index is 0.720. The lowest BCUT2D eigenvalue weighted by Crippen LogP contribution is -2.40. The quantitative estimate of drug-likeness (QED) is 0.823. The third-order valence-electron chi connectivity index (χ3n) is 3.14. The highest BCUT2D eigenvalue weighted by Gasteiger charge is 2.29. The van der Waals surface area contributed by atoms with Gasteiger partial charge < -0.3 is 5.32 Å². The summed E-state index contributed by atoms with van der Waals surface area (Å²) >= 11 is 5.97. The second-order valence-corrected chi connectivity index (χ2v) is 4.81. The van der Waals surface area contributed by atoms with Crippen LogP contribution in [0.5, 0.6) is 0 Å². The van der Waals surface area contributed by atoms with Gasteiger partial charge in [0.15, 0.2) is 0 Å². The topological polar surface area (TPSA) is 12.0 Å². The molecule has 1 fully saturated rings. The van der Waals surface area contributed by atoms with E-state index in [0.717, 1.165) is 23.5 Å². The number of rotatable bonds is 4. The van der Waals surface area contributed by atoms with E-state index in [-0.39, 0.29) is 0 Å². The molecule has 0 atom stereocenters. The van der Waals surface area contributed by atoms with Crippen LogP contribution in [0.3, 0.4) is 0 Å². The van der Waals surface area contributed by atoms with Crippen molar-refractivity contribution in [2.45, 2.75) is 38.1 Å². The van der Waals surface area contributed by atoms with Gasteiger partial charge in [0.05, 0.1) is 0 Å². The van der Waals surface area contributed by atoms with E-state index < -0.39 is 0 Å². The van der Waals surface area contributed by atoms with Crippen LogP contribution >= 0.6 is 11.6 Å². The largest absolute Gasteiger partial charge is 0.314 e. The van der Waals surface area contributed by atoms with Crippen LogP contribution in [0.15, 0.2) is 24.3 Å². The summed E-state index contributed by atoms with van der Waals surface area (Å²) in [7, 11) is 0. The Balaban J connectivity index is 1.84. The van der Waals surface area contributed by atoms with Crippen molar-refractivity contribution in [1.29, 1.82) is 0 Å². The minimum absolute atomic E-state index is 0.720. The molecule has 0 unspecified atom stereocenters. The first-order chi connectivity index (χ1) is 7.29. The molecule has 1 aromatic rings. The maximum Gasteiger partial charge on any atom is 0.0408 e. The molecular weight excluding hydrogens is 206 g/mol. The van der Waals surface area contributed by atoms with Crippen molar-refractivity contribution >= 4 is 11.6 Å². The van der Waals surface area contributed by atoms with Crippen molar-refractivity contribution in [3.8, 4) is 0 Å². The molecule has 0 heterocycles. The van der Waals surface area contributed by atoms with Gasteiger partial charge in [-0.3, -0.25) is 0 Å². The molecule has 0 radical (unpaired) electrons. The minimum Gasteiger partial charge on any atom is -0.314 e. The third kappa shape index (κ3) is 2.73. The fraction of sp³-hybridized carbons (Fsp3) is 0.538.